The molecule has 0 aliphatic carbocycles. The normalized spacial score (nSPS) is 10.8. The van der Waals surface area contributed by atoms with E-state index < -0.39 is 23.1 Å². The van der Waals surface area contributed by atoms with Gasteiger partial charge in [-0.25, -0.2) is 13.2 Å². The highest BCUT2D eigenvalue weighted by molar-refractivity contribution is 5.36. The Balaban J connectivity index is 3.12. The SMILES string of the molecule is CC(C)(O)C#Cc1cc(F)c(F)c(F)c1. The average Bonchev–Trinajstić information content (AvgIpc) is 2.09. The third-order valence-electron chi connectivity index (χ3n) is 1.50. The molecule has 0 heterocycles. The van der Waals surface area contributed by atoms with Gasteiger partial charge in [-0.1, -0.05) is 11.8 Å². The molecule has 0 unspecified atom stereocenters. The second-order valence-electron chi connectivity index (χ2n) is 3.56. The molecule has 0 saturated carbocycles. The van der Waals surface area contributed by atoms with Crippen LogP contribution in [0, 0.1) is 29.3 Å². The maximum Gasteiger partial charge on any atom is 0.194 e. The first-order valence-electron chi connectivity index (χ1n) is 4.20. The topological polar surface area (TPSA) is 20.2 Å². The van der Waals surface area contributed by atoms with Crippen LogP contribution in [0.3, 0.4) is 0 Å². The van der Waals surface area contributed by atoms with E-state index in [-0.39, 0.29) is 5.56 Å². The number of rotatable bonds is 0. The highest BCUT2D eigenvalue weighted by Gasteiger charge is 2.10. The lowest BCUT2D eigenvalue weighted by Gasteiger charge is -2.06. The maximum atomic E-state index is 12.7. The largest absolute Gasteiger partial charge is 0.378 e. The molecular weight excluding hydrogens is 205 g/mol. The summed E-state index contributed by atoms with van der Waals surface area (Å²) in [4.78, 5) is 0. The molecule has 0 spiro atoms. The van der Waals surface area contributed by atoms with Crippen LogP contribution in [0.2, 0.25) is 0 Å². The van der Waals surface area contributed by atoms with Gasteiger partial charge >= 0.3 is 0 Å². The Bertz CT molecular complexity index is 412. The van der Waals surface area contributed by atoms with Crippen molar-refractivity contribution < 1.29 is 18.3 Å². The van der Waals surface area contributed by atoms with Crippen LogP contribution in [0.15, 0.2) is 12.1 Å². The maximum absolute atomic E-state index is 12.7. The molecule has 0 saturated heterocycles. The van der Waals surface area contributed by atoms with E-state index in [0.717, 1.165) is 12.1 Å². The van der Waals surface area contributed by atoms with Crippen LogP contribution in [0.1, 0.15) is 19.4 Å². The van der Waals surface area contributed by atoms with Crippen molar-refractivity contribution in [1.82, 2.24) is 0 Å². The van der Waals surface area contributed by atoms with E-state index in [9.17, 15) is 18.3 Å². The van der Waals surface area contributed by atoms with E-state index in [0.29, 0.717) is 0 Å². The van der Waals surface area contributed by atoms with Gasteiger partial charge in [-0.2, -0.15) is 0 Å². The van der Waals surface area contributed by atoms with E-state index >= 15 is 0 Å². The van der Waals surface area contributed by atoms with Crippen molar-refractivity contribution >= 4 is 0 Å². The van der Waals surface area contributed by atoms with Gasteiger partial charge < -0.3 is 5.11 Å². The summed E-state index contributed by atoms with van der Waals surface area (Å²) in [5.74, 6) is 0.592. The van der Waals surface area contributed by atoms with Gasteiger partial charge in [0.1, 0.15) is 5.60 Å². The molecule has 0 bridgehead atoms. The van der Waals surface area contributed by atoms with Crippen LogP contribution in [-0.4, -0.2) is 10.7 Å². The summed E-state index contributed by atoms with van der Waals surface area (Å²) in [6.45, 7) is 2.85. The van der Waals surface area contributed by atoms with Gasteiger partial charge in [-0.15, -0.1) is 0 Å². The predicted molar refractivity (Wildman–Crippen MR) is 49.5 cm³/mol. The van der Waals surface area contributed by atoms with Crippen molar-refractivity contribution in [2.75, 3.05) is 0 Å². The van der Waals surface area contributed by atoms with Gasteiger partial charge in [0.2, 0.25) is 0 Å². The van der Waals surface area contributed by atoms with Crippen LogP contribution in [-0.2, 0) is 0 Å². The zero-order valence-electron chi connectivity index (χ0n) is 8.24. The lowest BCUT2D eigenvalue weighted by Crippen LogP contribution is -2.14. The Morgan fingerprint density at radius 3 is 2.00 bits per heavy atom. The van der Waals surface area contributed by atoms with Gasteiger partial charge in [0, 0.05) is 5.56 Å². The molecule has 80 valence electrons. The summed E-state index contributed by atoms with van der Waals surface area (Å²) in [6.07, 6.45) is 0. The van der Waals surface area contributed by atoms with Crippen LogP contribution in [0.25, 0.3) is 0 Å². The quantitative estimate of drug-likeness (QED) is 0.518. The molecule has 0 aliphatic heterocycles. The summed E-state index contributed by atoms with van der Waals surface area (Å²) in [7, 11) is 0. The summed E-state index contributed by atoms with van der Waals surface area (Å²) >= 11 is 0. The van der Waals surface area contributed by atoms with Crippen molar-refractivity contribution in [3.8, 4) is 11.8 Å². The van der Waals surface area contributed by atoms with E-state index in [4.69, 9.17) is 0 Å². The molecule has 0 aliphatic rings. The molecule has 1 rings (SSSR count). The minimum Gasteiger partial charge on any atom is -0.378 e. The fourth-order valence-electron chi connectivity index (χ4n) is 0.853. The van der Waals surface area contributed by atoms with Gasteiger partial charge in [-0.05, 0) is 26.0 Å². The third kappa shape index (κ3) is 3.30. The van der Waals surface area contributed by atoms with E-state index in [1.807, 2.05) is 0 Å². The highest BCUT2D eigenvalue weighted by Crippen LogP contribution is 2.13. The first kappa shape index (κ1) is 11.6. The van der Waals surface area contributed by atoms with Gasteiger partial charge in [-0.3, -0.25) is 0 Å². The van der Waals surface area contributed by atoms with Crippen LogP contribution < -0.4 is 0 Å². The smallest absolute Gasteiger partial charge is 0.194 e. The third-order valence-corrected chi connectivity index (χ3v) is 1.50. The molecule has 0 fully saturated rings. The molecule has 0 amide bonds. The zero-order valence-corrected chi connectivity index (χ0v) is 8.24. The number of benzene rings is 1. The molecule has 0 atom stereocenters. The summed E-state index contributed by atoms with van der Waals surface area (Å²) in [5.41, 5.74) is -1.28. The first-order valence-corrected chi connectivity index (χ1v) is 4.20. The fraction of sp³-hybridized carbons (Fsp3) is 0.273. The number of aliphatic hydroxyl groups is 1. The van der Waals surface area contributed by atoms with E-state index in [2.05, 4.69) is 11.8 Å². The average molecular weight is 214 g/mol. The lowest BCUT2D eigenvalue weighted by atomic mass is 10.1. The molecule has 0 aromatic heterocycles. The van der Waals surface area contributed by atoms with Gasteiger partial charge in [0.25, 0.3) is 0 Å². The standard InChI is InChI=1S/C11H9F3O/c1-11(2,15)4-3-7-5-8(12)10(14)9(13)6-7/h5-6,15H,1-2H3. The fourth-order valence-corrected chi connectivity index (χ4v) is 0.853. The van der Waals surface area contributed by atoms with Crippen LogP contribution in [0.5, 0.6) is 0 Å². The van der Waals surface area contributed by atoms with Crippen molar-refractivity contribution in [2.45, 2.75) is 19.4 Å². The molecule has 1 nitrogen and oxygen atoms in total. The molecule has 4 heteroatoms. The lowest BCUT2D eigenvalue weighted by molar-refractivity contribution is 0.143. The summed E-state index contributed by atoms with van der Waals surface area (Å²) in [5, 5.41) is 9.24. The molecule has 1 aromatic carbocycles. The van der Waals surface area contributed by atoms with E-state index in [1.54, 1.807) is 0 Å². The van der Waals surface area contributed by atoms with Gasteiger partial charge in [0.15, 0.2) is 17.5 Å². The number of hydrogen-bond acceptors (Lipinski definition) is 1. The molecule has 15 heavy (non-hydrogen) atoms. The number of hydrogen-bond donors (Lipinski definition) is 1. The van der Waals surface area contributed by atoms with Crippen molar-refractivity contribution in [2.24, 2.45) is 0 Å². The predicted octanol–water partition coefficient (Wildman–Crippen LogP) is 2.23. The highest BCUT2D eigenvalue weighted by atomic mass is 19.2. The molecule has 0 radical (unpaired) electrons. The Kier molecular flexibility index (Phi) is 3.06. The Morgan fingerprint density at radius 1 is 1.13 bits per heavy atom. The first-order chi connectivity index (χ1) is 6.79. The van der Waals surface area contributed by atoms with Crippen molar-refractivity contribution in [3.05, 3.63) is 35.1 Å². The van der Waals surface area contributed by atoms with Gasteiger partial charge in [0.05, 0.1) is 0 Å². The molecule has 1 aromatic rings. The summed E-state index contributed by atoms with van der Waals surface area (Å²) in [6, 6.07) is 1.55. The van der Waals surface area contributed by atoms with E-state index in [1.165, 1.54) is 13.8 Å². The van der Waals surface area contributed by atoms with Crippen LogP contribution >= 0.6 is 0 Å². The molecular formula is C11H9F3O. The Labute approximate surface area is 85.5 Å². The zero-order chi connectivity index (χ0) is 11.6. The second-order valence-corrected chi connectivity index (χ2v) is 3.56. The number of halogens is 3. The molecule has 1 N–H and O–H groups in total. The minimum atomic E-state index is -1.52. The second kappa shape index (κ2) is 3.95. The van der Waals surface area contributed by atoms with Crippen molar-refractivity contribution in [1.29, 1.82) is 0 Å². The Hall–Kier alpha value is -1.47. The van der Waals surface area contributed by atoms with Crippen LogP contribution in [0.4, 0.5) is 13.2 Å². The van der Waals surface area contributed by atoms with Crippen molar-refractivity contribution in [3.63, 3.8) is 0 Å². The monoisotopic (exact) mass is 214 g/mol. The Morgan fingerprint density at radius 2 is 1.60 bits per heavy atom. The minimum absolute atomic E-state index is 0.0199. The summed E-state index contributed by atoms with van der Waals surface area (Å²) < 4.78 is 38.0.